The molecule has 0 spiro atoms. The van der Waals surface area contributed by atoms with Crippen LogP contribution in [0.1, 0.15) is 61.3 Å². The molecule has 0 radical (unpaired) electrons. The highest BCUT2D eigenvalue weighted by molar-refractivity contribution is 5.87. The maximum absolute atomic E-state index is 13.1. The van der Waals surface area contributed by atoms with Gasteiger partial charge in [-0.05, 0) is 55.2 Å². The molecule has 2 aromatic rings. The Hall–Kier alpha value is -2.73. The lowest BCUT2D eigenvalue weighted by atomic mass is 10.0. The first-order valence-electron chi connectivity index (χ1n) is 9.23. The standard InChI is InChI=1S/C22H26FNO4/c1-13(2)20(28-15(4)17-9-11-19(23)12-10-17)21(25)24-14(3)16-5-7-18(8-6-16)22(26)27/h5-15,20H,1-4H3,(H,24,25)(H,26,27). The Kier molecular flexibility index (Phi) is 7.29. The lowest BCUT2D eigenvalue weighted by Crippen LogP contribution is -2.41. The van der Waals surface area contributed by atoms with Gasteiger partial charge in [0.15, 0.2) is 0 Å². The van der Waals surface area contributed by atoms with Gasteiger partial charge in [-0.25, -0.2) is 9.18 Å². The number of hydrogen-bond acceptors (Lipinski definition) is 3. The topological polar surface area (TPSA) is 75.6 Å². The van der Waals surface area contributed by atoms with Crippen LogP contribution >= 0.6 is 0 Å². The molecule has 3 unspecified atom stereocenters. The van der Waals surface area contributed by atoms with Crippen LogP contribution < -0.4 is 5.32 Å². The molecule has 0 aliphatic heterocycles. The Balaban J connectivity index is 2.05. The molecule has 5 nitrogen and oxygen atoms in total. The van der Waals surface area contributed by atoms with Gasteiger partial charge < -0.3 is 15.2 Å². The normalized spacial score (nSPS) is 14.4. The highest BCUT2D eigenvalue weighted by atomic mass is 19.1. The minimum absolute atomic E-state index is 0.0653. The molecule has 1 amide bonds. The van der Waals surface area contributed by atoms with E-state index < -0.39 is 12.1 Å². The minimum atomic E-state index is -0.994. The molecule has 0 saturated heterocycles. The molecule has 0 saturated carbocycles. The van der Waals surface area contributed by atoms with Gasteiger partial charge >= 0.3 is 5.97 Å². The number of carbonyl (C=O) groups excluding carboxylic acids is 1. The predicted octanol–water partition coefficient (Wildman–Crippen LogP) is 4.50. The SMILES string of the molecule is CC(NC(=O)C(OC(C)c1ccc(F)cc1)C(C)C)c1ccc(C(=O)O)cc1. The van der Waals surface area contributed by atoms with Crippen molar-refractivity contribution < 1.29 is 23.8 Å². The number of carboxylic acids is 1. The molecular formula is C22H26FNO4. The molecule has 6 heteroatoms. The molecule has 0 aliphatic rings. The lowest BCUT2D eigenvalue weighted by molar-refractivity contribution is -0.140. The molecule has 0 bridgehead atoms. The summed E-state index contributed by atoms with van der Waals surface area (Å²) in [6.45, 7) is 7.44. The Labute approximate surface area is 164 Å². The zero-order valence-corrected chi connectivity index (χ0v) is 16.5. The third kappa shape index (κ3) is 5.63. The third-order valence-corrected chi connectivity index (χ3v) is 4.57. The van der Waals surface area contributed by atoms with E-state index in [-0.39, 0.29) is 35.4 Å². The second kappa shape index (κ2) is 9.46. The van der Waals surface area contributed by atoms with Crippen molar-refractivity contribution >= 4 is 11.9 Å². The fourth-order valence-corrected chi connectivity index (χ4v) is 2.85. The van der Waals surface area contributed by atoms with Gasteiger partial charge in [0.2, 0.25) is 5.91 Å². The minimum Gasteiger partial charge on any atom is -0.478 e. The van der Waals surface area contributed by atoms with Gasteiger partial charge in [0.05, 0.1) is 17.7 Å². The highest BCUT2D eigenvalue weighted by Crippen LogP contribution is 2.23. The van der Waals surface area contributed by atoms with Crippen molar-refractivity contribution in [2.45, 2.75) is 45.9 Å². The molecule has 0 aromatic heterocycles. The maximum Gasteiger partial charge on any atom is 0.335 e. The summed E-state index contributed by atoms with van der Waals surface area (Å²) in [5.74, 6) is -1.63. The van der Waals surface area contributed by atoms with Crippen molar-refractivity contribution in [3.8, 4) is 0 Å². The highest BCUT2D eigenvalue weighted by Gasteiger charge is 2.27. The largest absolute Gasteiger partial charge is 0.478 e. The Morgan fingerprint density at radius 3 is 1.96 bits per heavy atom. The Bertz CT molecular complexity index is 802. The predicted molar refractivity (Wildman–Crippen MR) is 104 cm³/mol. The van der Waals surface area contributed by atoms with Crippen LogP contribution in [0.2, 0.25) is 0 Å². The van der Waals surface area contributed by atoms with Gasteiger partial charge in [-0.1, -0.05) is 38.1 Å². The summed E-state index contributed by atoms with van der Waals surface area (Å²) in [6, 6.07) is 12.1. The first kappa shape index (κ1) is 21.6. The van der Waals surface area contributed by atoms with Crippen LogP contribution in [0.4, 0.5) is 4.39 Å². The smallest absolute Gasteiger partial charge is 0.335 e. The van der Waals surface area contributed by atoms with E-state index in [9.17, 15) is 14.0 Å². The summed E-state index contributed by atoms with van der Waals surface area (Å²) >= 11 is 0. The summed E-state index contributed by atoms with van der Waals surface area (Å²) in [6.07, 6.45) is -1.05. The van der Waals surface area contributed by atoms with Gasteiger partial charge in [-0.15, -0.1) is 0 Å². The van der Waals surface area contributed by atoms with E-state index in [4.69, 9.17) is 9.84 Å². The number of carbonyl (C=O) groups is 2. The number of benzene rings is 2. The van der Waals surface area contributed by atoms with Gasteiger partial charge in [0.1, 0.15) is 11.9 Å². The quantitative estimate of drug-likeness (QED) is 0.699. The van der Waals surface area contributed by atoms with E-state index >= 15 is 0 Å². The Morgan fingerprint density at radius 1 is 0.929 bits per heavy atom. The van der Waals surface area contributed by atoms with Crippen LogP contribution in [0.3, 0.4) is 0 Å². The van der Waals surface area contributed by atoms with E-state index in [2.05, 4.69) is 5.32 Å². The van der Waals surface area contributed by atoms with Crippen LogP contribution in [0, 0.1) is 11.7 Å². The first-order valence-corrected chi connectivity index (χ1v) is 9.23. The van der Waals surface area contributed by atoms with Crippen molar-refractivity contribution in [2.24, 2.45) is 5.92 Å². The summed E-state index contributed by atoms with van der Waals surface area (Å²) < 4.78 is 19.1. The van der Waals surface area contributed by atoms with Crippen molar-refractivity contribution in [2.75, 3.05) is 0 Å². The van der Waals surface area contributed by atoms with E-state index in [1.165, 1.54) is 24.3 Å². The first-order chi connectivity index (χ1) is 13.2. The number of halogens is 1. The molecule has 2 aromatic carbocycles. The van der Waals surface area contributed by atoms with E-state index in [0.29, 0.717) is 0 Å². The summed E-state index contributed by atoms with van der Waals surface area (Å²) in [7, 11) is 0. The van der Waals surface area contributed by atoms with Crippen molar-refractivity contribution in [1.29, 1.82) is 0 Å². The van der Waals surface area contributed by atoms with Gasteiger partial charge in [-0.2, -0.15) is 0 Å². The van der Waals surface area contributed by atoms with E-state index in [0.717, 1.165) is 11.1 Å². The maximum atomic E-state index is 13.1. The molecule has 3 atom stereocenters. The zero-order valence-electron chi connectivity index (χ0n) is 16.5. The van der Waals surface area contributed by atoms with Gasteiger partial charge in [-0.3, -0.25) is 4.79 Å². The molecular weight excluding hydrogens is 361 g/mol. The molecule has 2 N–H and O–H groups in total. The number of aromatic carboxylic acids is 1. The summed E-state index contributed by atoms with van der Waals surface area (Å²) in [4.78, 5) is 23.7. The molecule has 0 aliphatic carbocycles. The van der Waals surface area contributed by atoms with Gasteiger partial charge in [0, 0.05) is 0 Å². The summed E-state index contributed by atoms with van der Waals surface area (Å²) in [5.41, 5.74) is 1.78. The second-order valence-electron chi connectivity index (χ2n) is 7.15. The molecule has 150 valence electrons. The molecule has 0 fully saturated rings. The van der Waals surface area contributed by atoms with Crippen molar-refractivity contribution in [3.05, 3.63) is 71.0 Å². The zero-order chi connectivity index (χ0) is 20.8. The van der Waals surface area contributed by atoms with Crippen molar-refractivity contribution in [3.63, 3.8) is 0 Å². The number of carboxylic acid groups (broad SMARTS) is 1. The van der Waals surface area contributed by atoms with Crippen molar-refractivity contribution in [1.82, 2.24) is 5.32 Å². The number of ether oxygens (including phenoxy) is 1. The number of amides is 1. The van der Waals surface area contributed by atoms with Crippen LogP contribution in [0.5, 0.6) is 0 Å². The molecule has 2 rings (SSSR count). The Morgan fingerprint density at radius 2 is 1.46 bits per heavy atom. The van der Waals surface area contributed by atoms with Gasteiger partial charge in [0.25, 0.3) is 0 Å². The van der Waals surface area contributed by atoms with Crippen LogP contribution in [-0.4, -0.2) is 23.1 Å². The average molecular weight is 387 g/mol. The van der Waals surface area contributed by atoms with Crippen LogP contribution in [0.25, 0.3) is 0 Å². The van der Waals surface area contributed by atoms with Crippen LogP contribution in [0.15, 0.2) is 48.5 Å². The summed E-state index contributed by atoms with van der Waals surface area (Å²) in [5, 5.41) is 11.9. The number of hydrogen-bond donors (Lipinski definition) is 2. The number of nitrogens with one attached hydrogen (secondary N) is 1. The monoisotopic (exact) mass is 387 g/mol. The second-order valence-corrected chi connectivity index (χ2v) is 7.15. The molecule has 0 heterocycles. The van der Waals surface area contributed by atoms with Crippen LogP contribution in [-0.2, 0) is 9.53 Å². The van der Waals surface area contributed by atoms with E-state index in [1.54, 1.807) is 24.3 Å². The molecule has 28 heavy (non-hydrogen) atoms. The fraction of sp³-hybridized carbons (Fsp3) is 0.364. The lowest BCUT2D eigenvalue weighted by Gasteiger charge is -2.26. The number of rotatable bonds is 8. The average Bonchev–Trinajstić information content (AvgIpc) is 2.66. The third-order valence-electron chi connectivity index (χ3n) is 4.57. The fourth-order valence-electron chi connectivity index (χ4n) is 2.85. The van der Waals surface area contributed by atoms with E-state index in [1.807, 2.05) is 27.7 Å².